The maximum absolute atomic E-state index is 11.2. The summed E-state index contributed by atoms with van der Waals surface area (Å²) in [5, 5.41) is 18.6. The Morgan fingerprint density at radius 3 is 2.93 bits per heavy atom. The molecule has 3 atom stereocenters. The second kappa shape index (κ2) is 3.95. The van der Waals surface area contributed by atoms with Gasteiger partial charge < -0.3 is 14.6 Å². The van der Waals surface area contributed by atoms with E-state index in [1.54, 1.807) is 0 Å². The topological polar surface area (TPSA) is 79.6 Å². The normalized spacial score (nSPS) is 30.4. The van der Waals surface area contributed by atoms with Crippen LogP contribution < -0.4 is 0 Å². The van der Waals surface area contributed by atoms with Crippen molar-refractivity contribution in [3.63, 3.8) is 0 Å². The van der Waals surface area contributed by atoms with E-state index >= 15 is 0 Å². The molecule has 1 fully saturated rings. The molecule has 1 N–H and O–H groups in total. The van der Waals surface area contributed by atoms with E-state index in [-0.39, 0.29) is 0 Å². The number of carbonyl (C=O) groups excluding carboxylic acids is 1. The number of aliphatic hydroxyl groups is 1. The lowest BCUT2D eigenvalue weighted by Crippen LogP contribution is -2.46. The van der Waals surface area contributed by atoms with Gasteiger partial charge in [0.2, 0.25) is 0 Å². The molecule has 0 unspecified atom stereocenters. The fourth-order valence-electron chi connectivity index (χ4n) is 1.65. The van der Waals surface area contributed by atoms with Crippen LogP contribution in [0.4, 0.5) is 0 Å². The van der Waals surface area contributed by atoms with Crippen molar-refractivity contribution < 1.29 is 19.4 Å². The summed E-state index contributed by atoms with van der Waals surface area (Å²) in [6, 6.07) is 1.91. The summed E-state index contributed by atoms with van der Waals surface area (Å²) in [6.45, 7) is 1.73. The second-order valence-corrected chi connectivity index (χ2v) is 3.45. The van der Waals surface area contributed by atoms with Crippen LogP contribution in [0.3, 0.4) is 0 Å². The van der Waals surface area contributed by atoms with Crippen molar-refractivity contribution in [2.24, 2.45) is 5.92 Å². The molecule has 0 bridgehead atoms. The van der Waals surface area contributed by atoms with E-state index in [1.165, 1.54) is 14.0 Å². The highest BCUT2D eigenvalue weighted by Crippen LogP contribution is 2.31. The van der Waals surface area contributed by atoms with Crippen LogP contribution in [-0.4, -0.2) is 36.5 Å². The van der Waals surface area contributed by atoms with E-state index < -0.39 is 23.6 Å². The lowest BCUT2D eigenvalue weighted by atomic mass is 9.84. The summed E-state index contributed by atoms with van der Waals surface area (Å²) < 4.78 is 9.53. The Hall–Kier alpha value is -1.12. The van der Waals surface area contributed by atoms with Gasteiger partial charge in [0.15, 0.2) is 5.60 Å². The number of ether oxygens (including phenoxy) is 2. The number of rotatable bonds is 2. The molecule has 0 radical (unpaired) electrons. The van der Waals surface area contributed by atoms with Crippen LogP contribution in [0.25, 0.3) is 0 Å². The highest BCUT2D eigenvalue weighted by molar-refractivity contribution is 5.79. The minimum atomic E-state index is -1.65. The maximum Gasteiger partial charge on any atom is 0.337 e. The third kappa shape index (κ3) is 1.72. The van der Waals surface area contributed by atoms with Crippen molar-refractivity contribution in [3.05, 3.63) is 0 Å². The van der Waals surface area contributed by atoms with Gasteiger partial charge in [-0.1, -0.05) is 0 Å². The monoisotopic (exact) mass is 199 g/mol. The number of hydrogen-bond donors (Lipinski definition) is 1. The fourth-order valence-corrected chi connectivity index (χ4v) is 1.65. The van der Waals surface area contributed by atoms with Crippen LogP contribution in [0.15, 0.2) is 0 Å². The average Bonchev–Trinajstić information content (AvgIpc) is 2.64. The molecule has 0 aromatic heterocycles. The molecule has 0 amide bonds. The molecule has 0 spiro atoms. The van der Waals surface area contributed by atoms with Gasteiger partial charge in [0, 0.05) is 12.5 Å². The first-order chi connectivity index (χ1) is 6.54. The Bertz CT molecular complexity index is 268. The molecule has 0 aliphatic carbocycles. The molecule has 0 saturated carbocycles. The molecule has 1 saturated heterocycles. The Morgan fingerprint density at radius 1 is 1.79 bits per heavy atom. The van der Waals surface area contributed by atoms with E-state index in [0.29, 0.717) is 13.0 Å². The molecule has 1 rings (SSSR count). The van der Waals surface area contributed by atoms with Gasteiger partial charge in [0.05, 0.1) is 13.2 Å². The zero-order valence-electron chi connectivity index (χ0n) is 8.19. The van der Waals surface area contributed by atoms with Gasteiger partial charge in [-0.15, -0.1) is 0 Å². The van der Waals surface area contributed by atoms with E-state index in [9.17, 15) is 9.90 Å². The van der Waals surface area contributed by atoms with E-state index in [0.717, 1.165) is 0 Å². The fraction of sp³-hybridized carbons (Fsp3) is 0.778. The highest BCUT2D eigenvalue weighted by Gasteiger charge is 2.47. The first-order valence-corrected chi connectivity index (χ1v) is 4.36. The molecule has 5 heteroatoms. The summed E-state index contributed by atoms with van der Waals surface area (Å²) in [4.78, 5) is 11.2. The van der Waals surface area contributed by atoms with Crippen LogP contribution in [-0.2, 0) is 14.3 Å². The van der Waals surface area contributed by atoms with Crippen LogP contribution in [0.5, 0.6) is 0 Å². The van der Waals surface area contributed by atoms with E-state index in [1.807, 2.05) is 6.07 Å². The minimum Gasteiger partial charge on any atom is -0.467 e. The largest absolute Gasteiger partial charge is 0.467 e. The van der Waals surface area contributed by atoms with Gasteiger partial charge in [-0.05, 0) is 13.3 Å². The van der Waals surface area contributed by atoms with Crippen molar-refractivity contribution in [2.75, 3.05) is 13.7 Å². The van der Waals surface area contributed by atoms with Crippen LogP contribution in [0.1, 0.15) is 13.3 Å². The van der Waals surface area contributed by atoms with Crippen LogP contribution in [0, 0.1) is 17.2 Å². The molecule has 1 aliphatic heterocycles. The first-order valence-electron chi connectivity index (χ1n) is 4.36. The molecular weight excluding hydrogens is 186 g/mol. The molecule has 14 heavy (non-hydrogen) atoms. The van der Waals surface area contributed by atoms with Crippen LogP contribution in [0.2, 0.25) is 0 Å². The van der Waals surface area contributed by atoms with Crippen molar-refractivity contribution in [2.45, 2.75) is 25.0 Å². The van der Waals surface area contributed by atoms with Crippen molar-refractivity contribution >= 4 is 5.97 Å². The average molecular weight is 199 g/mol. The van der Waals surface area contributed by atoms with Gasteiger partial charge >= 0.3 is 5.97 Å². The molecule has 1 heterocycles. The van der Waals surface area contributed by atoms with Gasteiger partial charge in [-0.25, -0.2) is 4.79 Å². The molecule has 0 aromatic rings. The number of carbonyl (C=O) groups is 1. The van der Waals surface area contributed by atoms with Crippen molar-refractivity contribution in [1.29, 1.82) is 5.26 Å². The van der Waals surface area contributed by atoms with Gasteiger partial charge in [-0.3, -0.25) is 0 Å². The second-order valence-electron chi connectivity index (χ2n) is 3.45. The lowest BCUT2D eigenvalue weighted by Gasteiger charge is -2.27. The van der Waals surface area contributed by atoms with Gasteiger partial charge in [0.1, 0.15) is 6.10 Å². The van der Waals surface area contributed by atoms with E-state index in [2.05, 4.69) is 4.74 Å². The number of esters is 1. The molecular formula is C9H13NO4. The summed E-state index contributed by atoms with van der Waals surface area (Å²) in [7, 11) is 1.20. The smallest absolute Gasteiger partial charge is 0.337 e. The van der Waals surface area contributed by atoms with Gasteiger partial charge in [-0.2, -0.15) is 5.26 Å². The van der Waals surface area contributed by atoms with Crippen LogP contribution >= 0.6 is 0 Å². The summed E-state index contributed by atoms with van der Waals surface area (Å²) in [6.07, 6.45) is -0.246. The Balaban J connectivity index is 2.81. The van der Waals surface area contributed by atoms with Crippen molar-refractivity contribution in [1.82, 2.24) is 0 Å². The Morgan fingerprint density at radius 2 is 2.43 bits per heavy atom. The SMILES string of the molecule is COC(=O)[C@](C)(O)[C@H]1CCO[C@@H]1C#N. The Labute approximate surface area is 82.2 Å². The summed E-state index contributed by atoms with van der Waals surface area (Å²) >= 11 is 0. The molecule has 5 nitrogen and oxygen atoms in total. The first kappa shape index (κ1) is 11.0. The maximum atomic E-state index is 11.2. The predicted molar refractivity (Wildman–Crippen MR) is 46.1 cm³/mol. The Kier molecular flexibility index (Phi) is 3.09. The number of methoxy groups -OCH3 is 1. The summed E-state index contributed by atoms with van der Waals surface area (Å²) in [5.74, 6) is -1.24. The number of nitrogens with zero attached hydrogens (tertiary/aromatic N) is 1. The summed E-state index contributed by atoms with van der Waals surface area (Å²) in [5.41, 5.74) is -1.65. The highest BCUT2D eigenvalue weighted by atomic mass is 16.5. The third-order valence-corrected chi connectivity index (χ3v) is 2.54. The molecule has 78 valence electrons. The standard InChI is InChI=1S/C9H13NO4/c1-9(12,8(11)13-2)6-3-4-14-7(6)5-10/h6-7,12H,3-4H2,1-2H3/t6-,7+,9+/m0/s1. The van der Waals surface area contributed by atoms with E-state index in [4.69, 9.17) is 10.00 Å². The lowest BCUT2D eigenvalue weighted by molar-refractivity contribution is -0.167. The predicted octanol–water partition coefficient (Wildman–Crippen LogP) is -0.161. The molecule has 1 aliphatic rings. The van der Waals surface area contributed by atoms with Crippen molar-refractivity contribution in [3.8, 4) is 6.07 Å². The molecule has 0 aromatic carbocycles. The number of nitriles is 1. The number of hydrogen-bond acceptors (Lipinski definition) is 5. The quantitative estimate of drug-likeness (QED) is 0.625. The minimum absolute atomic E-state index is 0.385. The third-order valence-electron chi connectivity index (χ3n) is 2.54. The van der Waals surface area contributed by atoms with Gasteiger partial charge in [0.25, 0.3) is 0 Å². The zero-order chi connectivity index (χ0) is 10.8. The zero-order valence-corrected chi connectivity index (χ0v) is 8.19.